The number of nitrogens with one attached hydrogen (secondary N) is 1. The van der Waals surface area contributed by atoms with Crippen molar-refractivity contribution < 1.29 is 14.3 Å². The van der Waals surface area contributed by atoms with Crippen LogP contribution in [0.5, 0.6) is 5.88 Å². The summed E-state index contributed by atoms with van der Waals surface area (Å²) in [6.07, 6.45) is 5.14. The molecule has 0 spiro atoms. The van der Waals surface area contributed by atoms with Gasteiger partial charge >= 0.3 is 6.03 Å². The van der Waals surface area contributed by atoms with Gasteiger partial charge in [-0.25, -0.2) is 14.8 Å². The molecule has 0 aromatic carbocycles. The summed E-state index contributed by atoms with van der Waals surface area (Å²) in [5, 5.41) is 3.50. The number of aromatic nitrogens is 2. The van der Waals surface area contributed by atoms with Crippen molar-refractivity contribution in [3.63, 3.8) is 0 Å². The molecule has 1 fully saturated rings. The number of pyridine rings is 2. The van der Waals surface area contributed by atoms with Gasteiger partial charge in [0, 0.05) is 12.3 Å². The second kappa shape index (κ2) is 6.16. The van der Waals surface area contributed by atoms with E-state index in [0.29, 0.717) is 43.7 Å². The first-order chi connectivity index (χ1) is 13.5. The molecular formula is C19H17N5O3S. The second-order valence-corrected chi connectivity index (χ2v) is 7.87. The van der Waals surface area contributed by atoms with Gasteiger partial charge in [0.2, 0.25) is 5.88 Å². The van der Waals surface area contributed by atoms with Crippen LogP contribution >= 0.6 is 11.3 Å². The summed E-state index contributed by atoms with van der Waals surface area (Å²) in [6.45, 7) is 1.84. The first-order valence-corrected chi connectivity index (χ1v) is 9.81. The average Bonchev–Trinajstić information content (AvgIpc) is 3.00. The summed E-state index contributed by atoms with van der Waals surface area (Å²) >= 11 is 1.17. The molecule has 142 valence electrons. The van der Waals surface area contributed by atoms with E-state index >= 15 is 0 Å². The van der Waals surface area contributed by atoms with Crippen LogP contribution in [-0.4, -0.2) is 28.0 Å². The Bertz CT molecular complexity index is 1140. The van der Waals surface area contributed by atoms with Crippen molar-refractivity contribution in [3.05, 3.63) is 35.0 Å². The fraction of sp³-hybridized carbons (Fsp3) is 0.263. The molecule has 1 saturated carbocycles. The number of nitrogens with zero attached hydrogens (tertiary/aromatic N) is 3. The number of ether oxygens (including phenoxy) is 1. The van der Waals surface area contributed by atoms with Crippen LogP contribution in [0.4, 0.5) is 21.9 Å². The zero-order valence-electron chi connectivity index (χ0n) is 15.1. The number of amides is 3. The summed E-state index contributed by atoms with van der Waals surface area (Å²) < 4.78 is 5.85. The van der Waals surface area contributed by atoms with E-state index in [0.717, 1.165) is 12.8 Å². The van der Waals surface area contributed by atoms with Gasteiger partial charge in [-0.2, -0.15) is 0 Å². The third-order valence-corrected chi connectivity index (χ3v) is 6.19. The van der Waals surface area contributed by atoms with Gasteiger partial charge in [0.05, 0.1) is 28.1 Å². The second-order valence-electron chi connectivity index (χ2n) is 6.87. The summed E-state index contributed by atoms with van der Waals surface area (Å²) in [5.41, 5.74) is 7.85. The van der Waals surface area contributed by atoms with Gasteiger partial charge in [-0.1, -0.05) is 0 Å². The summed E-state index contributed by atoms with van der Waals surface area (Å²) in [5.74, 6) is -0.0245. The average molecular weight is 395 g/mol. The lowest BCUT2D eigenvalue weighted by atomic mass is 9.96. The predicted octanol–water partition coefficient (Wildman–Crippen LogP) is 3.71. The number of anilines is 3. The van der Waals surface area contributed by atoms with E-state index in [4.69, 9.17) is 10.5 Å². The first-order valence-electron chi connectivity index (χ1n) is 8.99. The minimum Gasteiger partial charge on any atom is -0.474 e. The smallest absolute Gasteiger partial charge is 0.331 e. The van der Waals surface area contributed by atoms with Gasteiger partial charge in [0.1, 0.15) is 15.8 Å². The van der Waals surface area contributed by atoms with Crippen LogP contribution in [0.25, 0.3) is 10.2 Å². The van der Waals surface area contributed by atoms with Gasteiger partial charge in [-0.15, -0.1) is 11.3 Å². The zero-order valence-corrected chi connectivity index (χ0v) is 15.9. The monoisotopic (exact) mass is 395 g/mol. The lowest BCUT2D eigenvalue weighted by Gasteiger charge is -2.30. The van der Waals surface area contributed by atoms with Gasteiger partial charge in [0.25, 0.3) is 5.91 Å². The highest BCUT2D eigenvalue weighted by atomic mass is 32.1. The molecule has 28 heavy (non-hydrogen) atoms. The molecule has 5 rings (SSSR count). The van der Waals surface area contributed by atoms with Crippen LogP contribution in [0.1, 0.15) is 34.6 Å². The van der Waals surface area contributed by atoms with Gasteiger partial charge in [-0.3, -0.25) is 9.69 Å². The van der Waals surface area contributed by atoms with E-state index in [1.54, 1.807) is 23.2 Å². The van der Waals surface area contributed by atoms with Crippen molar-refractivity contribution in [1.82, 2.24) is 9.97 Å². The Morgan fingerprint density at radius 3 is 2.82 bits per heavy atom. The predicted molar refractivity (Wildman–Crippen MR) is 107 cm³/mol. The van der Waals surface area contributed by atoms with Gasteiger partial charge < -0.3 is 15.8 Å². The lowest BCUT2D eigenvalue weighted by molar-refractivity contribution is 0.100. The number of hydrogen-bond acceptors (Lipinski definition) is 6. The Morgan fingerprint density at radius 1 is 1.32 bits per heavy atom. The maximum absolute atomic E-state index is 12.9. The molecule has 3 amide bonds. The quantitative estimate of drug-likeness (QED) is 0.700. The number of hydrogen-bond donors (Lipinski definition) is 2. The van der Waals surface area contributed by atoms with E-state index in [1.807, 2.05) is 13.0 Å². The van der Waals surface area contributed by atoms with E-state index in [-0.39, 0.29) is 12.1 Å². The highest BCUT2D eigenvalue weighted by molar-refractivity contribution is 7.21. The Balaban J connectivity index is 1.60. The maximum atomic E-state index is 12.9. The molecule has 3 aromatic rings. The Labute approximate surface area is 164 Å². The number of primary amides is 1. The summed E-state index contributed by atoms with van der Waals surface area (Å²) in [6, 6.07) is 4.98. The number of urea groups is 1. The van der Waals surface area contributed by atoms with Crippen molar-refractivity contribution in [2.75, 3.05) is 10.2 Å². The Kier molecular flexibility index (Phi) is 3.73. The van der Waals surface area contributed by atoms with E-state index in [1.165, 1.54) is 17.8 Å². The SMILES string of the molecule is Cc1nc(OC2CCC2)ccc1N1C(=O)Nc2c(C(N)=O)sc3nccc1c23. The van der Waals surface area contributed by atoms with E-state index in [9.17, 15) is 9.59 Å². The number of aryl methyl sites for hydroxylation is 1. The van der Waals surface area contributed by atoms with E-state index < -0.39 is 5.91 Å². The van der Waals surface area contributed by atoms with Crippen LogP contribution in [-0.2, 0) is 0 Å². The molecule has 0 atom stereocenters. The largest absolute Gasteiger partial charge is 0.474 e. The number of nitrogens with two attached hydrogens (primary N) is 1. The molecular weight excluding hydrogens is 378 g/mol. The van der Waals surface area contributed by atoms with Crippen molar-refractivity contribution in [2.45, 2.75) is 32.3 Å². The van der Waals surface area contributed by atoms with Crippen LogP contribution in [0.15, 0.2) is 24.4 Å². The molecule has 3 aromatic heterocycles. The van der Waals surface area contributed by atoms with Gasteiger partial charge in [-0.05, 0) is 38.3 Å². The minimum atomic E-state index is -0.590. The van der Waals surface area contributed by atoms with Crippen molar-refractivity contribution >= 4 is 50.6 Å². The van der Waals surface area contributed by atoms with E-state index in [2.05, 4.69) is 15.3 Å². The summed E-state index contributed by atoms with van der Waals surface area (Å²) in [4.78, 5) is 36.0. The normalized spacial score (nSPS) is 16.0. The molecule has 0 saturated heterocycles. The summed E-state index contributed by atoms with van der Waals surface area (Å²) in [7, 11) is 0. The topological polar surface area (TPSA) is 110 Å². The van der Waals surface area contributed by atoms with Crippen molar-refractivity contribution in [1.29, 1.82) is 0 Å². The fourth-order valence-electron chi connectivity index (χ4n) is 3.49. The number of carbonyl (C=O) groups excluding carboxylic acids is 2. The number of rotatable bonds is 4. The molecule has 8 nitrogen and oxygen atoms in total. The molecule has 9 heteroatoms. The first kappa shape index (κ1) is 16.9. The van der Waals surface area contributed by atoms with Crippen LogP contribution in [0.2, 0.25) is 0 Å². The van der Waals surface area contributed by atoms with Crippen LogP contribution in [0.3, 0.4) is 0 Å². The number of carbonyl (C=O) groups is 2. The third kappa shape index (κ3) is 2.50. The molecule has 0 bridgehead atoms. The molecule has 1 aliphatic heterocycles. The molecule has 0 radical (unpaired) electrons. The fourth-order valence-corrected chi connectivity index (χ4v) is 4.46. The standard InChI is InChI=1S/C19H17N5O3S/c1-9-11(5-6-13(22-9)27-10-3-2-4-10)24-12-7-8-21-18-14(12)15(23-19(24)26)16(28-18)17(20)25/h5-8,10H,2-4H2,1H3,(H2,20,25)(H,23,26). The third-order valence-electron chi connectivity index (χ3n) is 5.08. The van der Waals surface area contributed by atoms with Crippen LogP contribution in [0, 0.1) is 6.92 Å². The lowest BCUT2D eigenvalue weighted by Crippen LogP contribution is -2.35. The van der Waals surface area contributed by atoms with Crippen molar-refractivity contribution in [3.8, 4) is 5.88 Å². The highest BCUT2D eigenvalue weighted by Gasteiger charge is 2.33. The minimum absolute atomic E-state index is 0.233. The molecule has 2 aliphatic rings. The van der Waals surface area contributed by atoms with Crippen molar-refractivity contribution in [2.24, 2.45) is 5.73 Å². The molecule has 3 N–H and O–H groups in total. The number of thiophene rings is 1. The Hall–Kier alpha value is -3.20. The highest BCUT2D eigenvalue weighted by Crippen LogP contribution is 2.46. The maximum Gasteiger partial charge on any atom is 0.331 e. The molecule has 0 unspecified atom stereocenters. The Morgan fingerprint density at radius 2 is 2.14 bits per heavy atom. The molecule has 4 heterocycles. The van der Waals surface area contributed by atoms with Gasteiger partial charge in [0.15, 0.2) is 0 Å². The van der Waals surface area contributed by atoms with Crippen LogP contribution < -0.4 is 20.7 Å². The molecule has 1 aliphatic carbocycles. The zero-order chi connectivity index (χ0) is 19.4.